The molecule has 5 nitrogen and oxygen atoms in total. The number of rotatable bonds is 4. The average molecular weight is 325 g/mol. The fourth-order valence-electron chi connectivity index (χ4n) is 3.54. The Morgan fingerprint density at radius 3 is 2.92 bits per heavy atom. The Balaban J connectivity index is 1.48. The van der Waals surface area contributed by atoms with Gasteiger partial charge in [-0.05, 0) is 54.9 Å². The highest BCUT2D eigenvalue weighted by atomic mass is 16.7. The van der Waals surface area contributed by atoms with Crippen molar-refractivity contribution in [3.05, 3.63) is 52.8 Å². The van der Waals surface area contributed by atoms with Gasteiger partial charge in [0, 0.05) is 38.6 Å². The molecule has 5 heteroatoms. The summed E-state index contributed by atoms with van der Waals surface area (Å²) in [4.78, 5) is 9.13. The van der Waals surface area contributed by atoms with E-state index in [-0.39, 0.29) is 0 Å². The average Bonchev–Trinajstić information content (AvgIpc) is 3.02. The van der Waals surface area contributed by atoms with Gasteiger partial charge in [0.15, 0.2) is 11.5 Å². The topological polar surface area (TPSA) is 37.8 Å². The first-order valence-electron chi connectivity index (χ1n) is 8.39. The summed E-state index contributed by atoms with van der Waals surface area (Å²) >= 11 is 0. The van der Waals surface area contributed by atoms with Gasteiger partial charge < -0.3 is 14.4 Å². The van der Waals surface area contributed by atoms with Crippen LogP contribution in [0.2, 0.25) is 0 Å². The molecule has 0 saturated carbocycles. The fraction of sp³-hybridized carbons (Fsp3) is 0.421. The molecule has 1 aromatic carbocycles. The number of hydrogen-bond donors (Lipinski definition) is 0. The lowest BCUT2D eigenvalue weighted by molar-refractivity contribution is 0.174. The van der Waals surface area contributed by atoms with E-state index in [1.807, 2.05) is 18.5 Å². The van der Waals surface area contributed by atoms with Crippen molar-refractivity contribution < 1.29 is 9.47 Å². The summed E-state index contributed by atoms with van der Waals surface area (Å²) in [6.07, 6.45) is 5.14. The van der Waals surface area contributed by atoms with Crippen molar-refractivity contribution in [1.82, 2.24) is 14.8 Å². The largest absolute Gasteiger partial charge is 0.454 e. The normalized spacial score (nSPS) is 16.5. The molecule has 0 amide bonds. The molecule has 0 radical (unpaired) electrons. The van der Waals surface area contributed by atoms with Gasteiger partial charge in [-0.15, -0.1) is 0 Å². The molecular formula is C19H23N3O2. The second-order valence-electron chi connectivity index (χ2n) is 6.82. The van der Waals surface area contributed by atoms with Crippen LogP contribution in [0, 0.1) is 0 Å². The fourth-order valence-corrected chi connectivity index (χ4v) is 3.54. The molecule has 2 aliphatic rings. The van der Waals surface area contributed by atoms with Crippen LogP contribution in [0.5, 0.6) is 11.5 Å². The van der Waals surface area contributed by atoms with Gasteiger partial charge in [0.2, 0.25) is 6.79 Å². The minimum Gasteiger partial charge on any atom is -0.454 e. The van der Waals surface area contributed by atoms with Crippen LogP contribution in [0.15, 0.2) is 30.6 Å². The summed E-state index contributed by atoms with van der Waals surface area (Å²) in [5.74, 6) is 1.71. The zero-order chi connectivity index (χ0) is 16.5. The molecule has 1 aromatic heterocycles. The number of aromatic nitrogens is 1. The summed E-state index contributed by atoms with van der Waals surface area (Å²) in [7, 11) is 4.21. The number of nitrogens with zero attached hydrogens (tertiary/aromatic N) is 3. The molecule has 4 rings (SSSR count). The Morgan fingerprint density at radius 2 is 2.04 bits per heavy atom. The third-order valence-electron chi connectivity index (χ3n) is 4.64. The summed E-state index contributed by atoms with van der Waals surface area (Å²) in [6, 6.07) is 6.23. The number of pyridine rings is 1. The minimum absolute atomic E-state index is 0.330. The van der Waals surface area contributed by atoms with Gasteiger partial charge >= 0.3 is 0 Å². The second kappa shape index (κ2) is 6.42. The van der Waals surface area contributed by atoms with Crippen molar-refractivity contribution in [3.63, 3.8) is 0 Å². The molecule has 3 heterocycles. The maximum absolute atomic E-state index is 5.48. The molecule has 2 aromatic rings. The van der Waals surface area contributed by atoms with Crippen LogP contribution in [0.1, 0.15) is 22.3 Å². The van der Waals surface area contributed by atoms with Gasteiger partial charge in [-0.25, -0.2) is 0 Å². The first-order chi connectivity index (χ1) is 11.7. The van der Waals surface area contributed by atoms with Crippen molar-refractivity contribution in [1.29, 1.82) is 0 Å². The minimum atomic E-state index is 0.330. The van der Waals surface area contributed by atoms with Crippen LogP contribution in [0.25, 0.3) is 0 Å². The predicted octanol–water partition coefficient (Wildman–Crippen LogP) is 2.43. The zero-order valence-corrected chi connectivity index (χ0v) is 14.3. The lowest BCUT2D eigenvalue weighted by atomic mass is 9.96. The Labute approximate surface area is 142 Å². The Hall–Kier alpha value is -2.11. The molecule has 0 atom stereocenters. The lowest BCUT2D eigenvalue weighted by Crippen LogP contribution is -2.31. The number of ether oxygens (including phenoxy) is 2. The summed E-state index contributed by atoms with van der Waals surface area (Å²) < 4.78 is 10.9. The van der Waals surface area contributed by atoms with E-state index in [4.69, 9.17) is 9.47 Å². The molecule has 0 saturated heterocycles. The van der Waals surface area contributed by atoms with Gasteiger partial charge in [0.1, 0.15) is 0 Å². The highest BCUT2D eigenvalue weighted by Crippen LogP contribution is 2.33. The predicted molar refractivity (Wildman–Crippen MR) is 92.0 cm³/mol. The highest BCUT2D eigenvalue weighted by molar-refractivity contribution is 5.44. The molecule has 2 aliphatic heterocycles. The molecule has 24 heavy (non-hydrogen) atoms. The summed E-state index contributed by atoms with van der Waals surface area (Å²) in [6.45, 7) is 4.24. The van der Waals surface area contributed by atoms with Crippen LogP contribution < -0.4 is 9.47 Å². The molecule has 0 bridgehead atoms. The van der Waals surface area contributed by atoms with E-state index in [1.165, 1.54) is 22.3 Å². The monoisotopic (exact) mass is 325 g/mol. The van der Waals surface area contributed by atoms with E-state index < -0.39 is 0 Å². The summed E-state index contributed by atoms with van der Waals surface area (Å²) in [5.41, 5.74) is 5.47. The molecule has 0 fully saturated rings. The van der Waals surface area contributed by atoms with Gasteiger partial charge in [-0.3, -0.25) is 9.88 Å². The lowest BCUT2D eigenvalue weighted by Gasteiger charge is -2.30. The van der Waals surface area contributed by atoms with Gasteiger partial charge in [-0.1, -0.05) is 6.07 Å². The zero-order valence-electron chi connectivity index (χ0n) is 14.3. The van der Waals surface area contributed by atoms with Gasteiger partial charge in [0.25, 0.3) is 0 Å². The first-order valence-corrected chi connectivity index (χ1v) is 8.39. The van der Waals surface area contributed by atoms with Gasteiger partial charge in [0.05, 0.1) is 0 Å². The van der Waals surface area contributed by atoms with Crippen molar-refractivity contribution in [2.75, 3.05) is 27.4 Å². The Kier molecular flexibility index (Phi) is 4.12. The van der Waals surface area contributed by atoms with E-state index in [0.717, 1.165) is 44.1 Å². The smallest absolute Gasteiger partial charge is 0.231 e. The highest BCUT2D eigenvalue weighted by Gasteiger charge is 2.20. The molecule has 0 spiro atoms. The van der Waals surface area contributed by atoms with Crippen molar-refractivity contribution in [2.24, 2.45) is 0 Å². The number of hydrogen-bond acceptors (Lipinski definition) is 5. The molecule has 0 N–H and O–H groups in total. The van der Waals surface area contributed by atoms with Crippen molar-refractivity contribution >= 4 is 0 Å². The molecule has 0 aliphatic carbocycles. The number of benzene rings is 1. The third kappa shape index (κ3) is 3.09. The number of fused-ring (bicyclic) bond motifs is 2. The standard InChI is InChI=1S/C19H23N3O2/c1-21(2)11-15-8-20-9-16-12-22(6-5-17(15)16)10-14-3-4-18-19(7-14)24-13-23-18/h3-4,7-9H,5-6,10-13H2,1-2H3. The maximum atomic E-state index is 5.48. The van der Waals surface area contributed by atoms with Crippen LogP contribution >= 0.6 is 0 Å². The molecular weight excluding hydrogens is 302 g/mol. The van der Waals surface area contributed by atoms with E-state index >= 15 is 0 Å². The Bertz CT molecular complexity index is 745. The van der Waals surface area contributed by atoms with Crippen molar-refractivity contribution in [3.8, 4) is 11.5 Å². The van der Waals surface area contributed by atoms with E-state index in [1.54, 1.807) is 0 Å². The first kappa shape index (κ1) is 15.4. The van der Waals surface area contributed by atoms with Crippen molar-refractivity contribution in [2.45, 2.75) is 26.1 Å². The quantitative estimate of drug-likeness (QED) is 0.863. The van der Waals surface area contributed by atoms with E-state index in [9.17, 15) is 0 Å². The van der Waals surface area contributed by atoms with Crippen LogP contribution in [-0.4, -0.2) is 42.2 Å². The Morgan fingerprint density at radius 1 is 1.17 bits per heavy atom. The SMILES string of the molecule is CN(C)Cc1cncc2c1CCN(Cc1ccc3c(c1)OCO3)C2. The third-order valence-corrected chi connectivity index (χ3v) is 4.64. The second-order valence-corrected chi connectivity index (χ2v) is 6.82. The van der Waals surface area contributed by atoms with E-state index in [2.05, 4.69) is 41.0 Å². The summed E-state index contributed by atoms with van der Waals surface area (Å²) in [5, 5.41) is 0. The van der Waals surface area contributed by atoms with Crippen LogP contribution in [-0.2, 0) is 26.1 Å². The van der Waals surface area contributed by atoms with Crippen LogP contribution in [0.3, 0.4) is 0 Å². The maximum Gasteiger partial charge on any atom is 0.231 e. The van der Waals surface area contributed by atoms with Crippen LogP contribution in [0.4, 0.5) is 0 Å². The van der Waals surface area contributed by atoms with E-state index in [0.29, 0.717) is 6.79 Å². The van der Waals surface area contributed by atoms with Gasteiger partial charge in [-0.2, -0.15) is 0 Å². The molecule has 0 unspecified atom stereocenters. The molecule has 126 valence electrons.